The van der Waals surface area contributed by atoms with Crippen LogP contribution in [-0.4, -0.2) is 19.4 Å². The zero-order valence-corrected chi connectivity index (χ0v) is 14.0. The van der Waals surface area contributed by atoms with Gasteiger partial charge in [0.05, 0.1) is 10.6 Å². The van der Waals surface area contributed by atoms with Crippen molar-refractivity contribution in [2.75, 3.05) is 7.05 Å². The lowest BCUT2D eigenvalue weighted by Gasteiger charge is -2.09. The molecule has 23 heavy (non-hydrogen) atoms. The highest BCUT2D eigenvalue weighted by molar-refractivity contribution is 7.90. The Kier molecular flexibility index (Phi) is 4.34. The van der Waals surface area contributed by atoms with E-state index in [1.54, 1.807) is 13.2 Å². The molecule has 0 saturated carbocycles. The minimum absolute atomic E-state index is 0.0574. The predicted octanol–water partition coefficient (Wildman–Crippen LogP) is 3.31. The zero-order chi connectivity index (χ0) is 16.4. The second-order valence-electron chi connectivity index (χ2n) is 5.03. The lowest BCUT2D eigenvalue weighted by molar-refractivity contribution is 0.587. The summed E-state index contributed by atoms with van der Waals surface area (Å²) in [4.78, 5) is 0.0574. The molecule has 1 N–H and O–H groups in total. The molecule has 120 valence electrons. The van der Waals surface area contributed by atoms with Crippen molar-refractivity contribution in [2.24, 2.45) is 0 Å². The molecule has 0 aliphatic heterocycles. The van der Waals surface area contributed by atoms with Crippen LogP contribution in [0.3, 0.4) is 0 Å². The van der Waals surface area contributed by atoms with Gasteiger partial charge in [-0.25, -0.2) is 16.8 Å². The summed E-state index contributed by atoms with van der Waals surface area (Å²) in [6.45, 7) is 0.559. The van der Waals surface area contributed by atoms with E-state index in [1.807, 2.05) is 22.9 Å². The van der Waals surface area contributed by atoms with Gasteiger partial charge in [-0.2, -0.15) is 11.3 Å². The van der Waals surface area contributed by atoms with Crippen molar-refractivity contribution >= 4 is 21.4 Å². The molecule has 0 spiro atoms. The average molecular weight is 350 g/mol. The molecule has 1 aromatic carbocycles. The molecule has 0 bridgehead atoms. The van der Waals surface area contributed by atoms with Gasteiger partial charge >= 0.3 is 0 Å². The van der Waals surface area contributed by atoms with E-state index in [0.29, 0.717) is 12.2 Å². The number of benzene rings is 1. The summed E-state index contributed by atoms with van der Waals surface area (Å²) in [5.74, 6) is -0.467. The number of aromatic nitrogens is 1. The fourth-order valence-corrected chi connectivity index (χ4v) is 4.39. The van der Waals surface area contributed by atoms with E-state index in [0.717, 1.165) is 23.3 Å². The highest BCUT2D eigenvalue weighted by Crippen LogP contribution is 2.28. The fourth-order valence-electron chi connectivity index (χ4n) is 2.34. The maximum atomic E-state index is 13.1. The summed E-state index contributed by atoms with van der Waals surface area (Å²) in [5, 5.41) is 6.81. The van der Waals surface area contributed by atoms with Gasteiger partial charge in [-0.05, 0) is 54.4 Å². The Hall–Kier alpha value is -1.96. The van der Waals surface area contributed by atoms with Crippen LogP contribution < -0.4 is 5.32 Å². The van der Waals surface area contributed by atoms with Crippen LogP contribution in [0.4, 0.5) is 4.39 Å². The molecule has 2 aromatic heterocycles. The van der Waals surface area contributed by atoms with E-state index >= 15 is 0 Å². The Labute approximate surface area is 138 Å². The van der Waals surface area contributed by atoms with Crippen LogP contribution in [0.15, 0.2) is 58.3 Å². The zero-order valence-electron chi connectivity index (χ0n) is 12.4. The van der Waals surface area contributed by atoms with E-state index < -0.39 is 15.8 Å². The van der Waals surface area contributed by atoms with Gasteiger partial charge in [0.15, 0.2) is 0 Å². The largest absolute Gasteiger partial charge is 0.316 e. The molecule has 2 heterocycles. The van der Waals surface area contributed by atoms with Gasteiger partial charge in [0.1, 0.15) is 5.82 Å². The monoisotopic (exact) mass is 350 g/mol. The predicted molar refractivity (Wildman–Crippen MR) is 89.5 cm³/mol. The molecule has 0 unspecified atom stereocenters. The van der Waals surface area contributed by atoms with Crippen LogP contribution in [0.5, 0.6) is 0 Å². The maximum absolute atomic E-state index is 13.1. The van der Waals surface area contributed by atoms with Gasteiger partial charge in [0, 0.05) is 23.7 Å². The molecular weight excluding hydrogens is 335 g/mol. The fraction of sp³-hybridized carbons (Fsp3) is 0.125. The summed E-state index contributed by atoms with van der Waals surface area (Å²) in [6, 6.07) is 8.57. The Balaban J connectivity index is 2.16. The third kappa shape index (κ3) is 3.08. The molecule has 0 atom stereocenters. The first-order valence-electron chi connectivity index (χ1n) is 6.92. The van der Waals surface area contributed by atoms with Crippen molar-refractivity contribution in [3.63, 3.8) is 0 Å². The van der Waals surface area contributed by atoms with Crippen molar-refractivity contribution in [3.05, 3.63) is 64.7 Å². The molecule has 0 amide bonds. The number of thiophene rings is 1. The normalized spacial score (nSPS) is 11.7. The summed E-state index contributed by atoms with van der Waals surface area (Å²) < 4.78 is 40.1. The van der Waals surface area contributed by atoms with Crippen LogP contribution in [-0.2, 0) is 16.6 Å². The minimum Gasteiger partial charge on any atom is -0.316 e. The van der Waals surface area contributed by atoms with Crippen molar-refractivity contribution in [3.8, 4) is 11.3 Å². The molecule has 0 aliphatic rings. The third-order valence-electron chi connectivity index (χ3n) is 3.41. The smallest absolute Gasteiger partial charge is 0.268 e. The Morgan fingerprint density at radius 3 is 2.57 bits per heavy atom. The van der Waals surface area contributed by atoms with Crippen LogP contribution >= 0.6 is 11.3 Å². The first-order chi connectivity index (χ1) is 11.0. The van der Waals surface area contributed by atoms with E-state index in [2.05, 4.69) is 5.32 Å². The van der Waals surface area contributed by atoms with Crippen LogP contribution in [0.2, 0.25) is 0 Å². The molecule has 3 aromatic rings. The summed E-state index contributed by atoms with van der Waals surface area (Å²) in [6.07, 6.45) is 1.60. The SMILES string of the molecule is CNCc1cc(-c2ccsc2)n(S(=O)(=O)c2ccc(F)cc2)c1. The number of nitrogens with one attached hydrogen (secondary N) is 1. The average Bonchev–Trinajstić information content (AvgIpc) is 3.17. The summed E-state index contributed by atoms with van der Waals surface area (Å²) >= 11 is 1.50. The lowest BCUT2D eigenvalue weighted by atomic mass is 10.2. The van der Waals surface area contributed by atoms with E-state index in [1.165, 1.54) is 27.4 Å². The van der Waals surface area contributed by atoms with E-state index in [4.69, 9.17) is 0 Å². The standard InChI is InChI=1S/C16H15FN2O2S2/c1-18-9-12-8-16(13-6-7-22-11-13)19(10-12)23(20,21)15-4-2-14(17)3-5-15/h2-8,10-11,18H,9H2,1H3. The van der Waals surface area contributed by atoms with E-state index in [-0.39, 0.29) is 4.90 Å². The van der Waals surface area contributed by atoms with Gasteiger partial charge in [-0.1, -0.05) is 0 Å². The highest BCUT2D eigenvalue weighted by atomic mass is 32.2. The Morgan fingerprint density at radius 1 is 1.22 bits per heavy atom. The first-order valence-corrected chi connectivity index (χ1v) is 9.30. The lowest BCUT2D eigenvalue weighted by Crippen LogP contribution is -2.13. The first kappa shape index (κ1) is 15.9. The van der Waals surface area contributed by atoms with Crippen molar-refractivity contribution in [1.29, 1.82) is 0 Å². The second kappa shape index (κ2) is 6.27. The minimum atomic E-state index is -3.78. The molecule has 4 nitrogen and oxygen atoms in total. The highest BCUT2D eigenvalue weighted by Gasteiger charge is 2.22. The van der Waals surface area contributed by atoms with Gasteiger partial charge in [-0.15, -0.1) is 0 Å². The summed E-state index contributed by atoms with van der Waals surface area (Å²) in [5.41, 5.74) is 2.29. The van der Waals surface area contributed by atoms with Crippen molar-refractivity contribution < 1.29 is 12.8 Å². The number of hydrogen-bond donors (Lipinski definition) is 1. The van der Waals surface area contributed by atoms with Crippen LogP contribution in [0.25, 0.3) is 11.3 Å². The molecule has 3 rings (SSSR count). The topological polar surface area (TPSA) is 51.1 Å². The van der Waals surface area contributed by atoms with Crippen molar-refractivity contribution in [1.82, 2.24) is 9.29 Å². The third-order valence-corrected chi connectivity index (χ3v) is 5.78. The van der Waals surface area contributed by atoms with E-state index in [9.17, 15) is 12.8 Å². The quantitative estimate of drug-likeness (QED) is 0.768. The van der Waals surface area contributed by atoms with Gasteiger partial charge in [-0.3, -0.25) is 0 Å². The second-order valence-corrected chi connectivity index (χ2v) is 7.63. The van der Waals surface area contributed by atoms with Gasteiger partial charge in [0.2, 0.25) is 0 Å². The molecule has 0 saturated heterocycles. The van der Waals surface area contributed by atoms with Crippen molar-refractivity contribution in [2.45, 2.75) is 11.4 Å². The van der Waals surface area contributed by atoms with Gasteiger partial charge < -0.3 is 5.32 Å². The number of nitrogens with zero attached hydrogens (tertiary/aromatic N) is 1. The molecule has 0 fully saturated rings. The number of hydrogen-bond acceptors (Lipinski definition) is 4. The molecule has 7 heteroatoms. The Morgan fingerprint density at radius 2 is 1.96 bits per heavy atom. The maximum Gasteiger partial charge on any atom is 0.268 e. The molecular formula is C16H15FN2O2S2. The van der Waals surface area contributed by atoms with Gasteiger partial charge in [0.25, 0.3) is 10.0 Å². The van der Waals surface area contributed by atoms with Crippen LogP contribution in [0, 0.1) is 5.82 Å². The summed E-state index contributed by atoms with van der Waals surface area (Å²) in [7, 11) is -1.98. The number of rotatable bonds is 5. The van der Waals surface area contributed by atoms with Crippen LogP contribution in [0.1, 0.15) is 5.56 Å². The number of halogens is 1. The Bertz CT molecular complexity index is 898. The molecule has 0 aliphatic carbocycles. The molecule has 0 radical (unpaired) electrons.